The largest absolute Gasteiger partial charge is 0.465 e. The number of esters is 1. The van der Waals surface area contributed by atoms with Gasteiger partial charge >= 0.3 is 5.97 Å². The molecule has 0 spiro atoms. The van der Waals surface area contributed by atoms with Gasteiger partial charge < -0.3 is 10.1 Å². The molecule has 0 unspecified atom stereocenters. The van der Waals surface area contributed by atoms with E-state index in [1.807, 2.05) is 32.0 Å². The van der Waals surface area contributed by atoms with Gasteiger partial charge in [-0.1, -0.05) is 35.4 Å². The zero-order chi connectivity index (χ0) is 17.0. The number of aryl methyl sites for hydroxylation is 2. The minimum absolute atomic E-state index is 0.157. The molecular formula is C18H18ClNO3. The normalized spacial score (nSPS) is 10.3. The highest BCUT2D eigenvalue weighted by atomic mass is 35.5. The second kappa shape index (κ2) is 7.29. The van der Waals surface area contributed by atoms with Crippen LogP contribution in [0.3, 0.4) is 0 Å². The van der Waals surface area contributed by atoms with E-state index in [2.05, 4.69) is 10.1 Å². The highest BCUT2D eigenvalue weighted by Crippen LogP contribution is 2.21. The molecule has 0 aromatic heterocycles. The number of amides is 1. The summed E-state index contributed by atoms with van der Waals surface area (Å²) in [6.07, 6.45) is 0.266. The summed E-state index contributed by atoms with van der Waals surface area (Å²) in [5.41, 5.74) is 3.93. The van der Waals surface area contributed by atoms with Crippen LogP contribution in [0.25, 0.3) is 0 Å². The highest BCUT2D eigenvalue weighted by Gasteiger charge is 2.13. The van der Waals surface area contributed by atoms with Crippen LogP contribution in [0.15, 0.2) is 36.4 Å². The summed E-state index contributed by atoms with van der Waals surface area (Å²) in [5.74, 6) is -0.699. The van der Waals surface area contributed by atoms with Crippen molar-refractivity contribution in [2.75, 3.05) is 12.4 Å². The standard InChI is InChI=1S/C18H18ClNO3/c1-11-4-5-13(12(2)8-11)9-17(21)20-14-6-7-16(19)15(10-14)18(22)23-3/h4-8,10H,9H2,1-3H3,(H,20,21). The molecule has 0 aliphatic heterocycles. The van der Waals surface area contributed by atoms with Crippen molar-refractivity contribution in [3.05, 3.63) is 63.7 Å². The molecule has 0 aliphatic carbocycles. The van der Waals surface area contributed by atoms with Crippen LogP contribution in [0, 0.1) is 13.8 Å². The van der Waals surface area contributed by atoms with E-state index in [1.54, 1.807) is 12.1 Å². The molecule has 0 atom stereocenters. The Balaban J connectivity index is 2.12. The minimum atomic E-state index is -0.541. The SMILES string of the molecule is COC(=O)c1cc(NC(=O)Cc2ccc(C)cc2C)ccc1Cl. The van der Waals surface area contributed by atoms with Gasteiger partial charge in [0.1, 0.15) is 0 Å². The molecule has 0 saturated carbocycles. The summed E-state index contributed by atoms with van der Waals surface area (Å²) in [7, 11) is 1.28. The van der Waals surface area contributed by atoms with Gasteiger partial charge in [-0.2, -0.15) is 0 Å². The van der Waals surface area contributed by atoms with Crippen LogP contribution < -0.4 is 5.32 Å². The number of benzene rings is 2. The number of carbonyl (C=O) groups is 2. The minimum Gasteiger partial charge on any atom is -0.465 e. The van der Waals surface area contributed by atoms with Crippen LogP contribution in [0.4, 0.5) is 5.69 Å². The zero-order valence-electron chi connectivity index (χ0n) is 13.3. The number of nitrogens with one attached hydrogen (secondary N) is 1. The summed E-state index contributed by atoms with van der Waals surface area (Å²) in [6.45, 7) is 3.99. The fourth-order valence-electron chi connectivity index (χ4n) is 2.29. The van der Waals surface area contributed by atoms with Crippen LogP contribution in [0.2, 0.25) is 5.02 Å². The molecule has 5 heteroatoms. The van der Waals surface area contributed by atoms with E-state index in [4.69, 9.17) is 11.6 Å². The quantitative estimate of drug-likeness (QED) is 0.864. The Hall–Kier alpha value is -2.33. The van der Waals surface area contributed by atoms with Crippen molar-refractivity contribution in [3.63, 3.8) is 0 Å². The Labute approximate surface area is 140 Å². The van der Waals surface area contributed by atoms with Gasteiger partial charge in [0.2, 0.25) is 5.91 Å². The summed E-state index contributed by atoms with van der Waals surface area (Å²) in [4.78, 5) is 23.8. The van der Waals surface area contributed by atoms with E-state index in [0.717, 1.165) is 16.7 Å². The average molecular weight is 332 g/mol. The second-order valence-electron chi connectivity index (χ2n) is 5.34. The first-order chi connectivity index (χ1) is 10.9. The Morgan fingerprint density at radius 2 is 1.87 bits per heavy atom. The van der Waals surface area contributed by atoms with E-state index in [9.17, 15) is 9.59 Å². The van der Waals surface area contributed by atoms with Gasteiger partial charge in [0, 0.05) is 5.69 Å². The fraction of sp³-hybridized carbons (Fsp3) is 0.222. The van der Waals surface area contributed by atoms with E-state index in [1.165, 1.54) is 13.2 Å². The van der Waals surface area contributed by atoms with Crippen molar-refractivity contribution in [1.29, 1.82) is 0 Å². The number of anilines is 1. The number of hydrogen-bond acceptors (Lipinski definition) is 3. The lowest BCUT2D eigenvalue weighted by atomic mass is 10.0. The van der Waals surface area contributed by atoms with Crippen LogP contribution in [0.5, 0.6) is 0 Å². The summed E-state index contributed by atoms with van der Waals surface area (Å²) in [6, 6.07) is 10.7. The Morgan fingerprint density at radius 1 is 1.13 bits per heavy atom. The molecule has 1 amide bonds. The van der Waals surface area contributed by atoms with Crippen molar-refractivity contribution in [2.24, 2.45) is 0 Å². The fourth-order valence-corrected chi connectivity index (χ4v) is 2.49. The molecule has 2 rings (SSSR count). The topological polar surface area (TPSA) is 55.4 Å². The predicted octanol–water partition coefficient (Wildman–Crippen LogP) is 3.92. The van der Waals surface area contributed by atoms with E-state index < -0.39 is 5.97 Å². The van der Waals surface area contributed by atoms with Crippen LogP contribution in [-0.4, -0.2) is 19.0 Å². The monoisotopic (exact) mass is 331 g/mol. The lowest BCUT2D eigenvalue weighted by molar-refractivity contribution is -0.115. The molecule has 1 N–H and O–H groups in total. The average Bonchev–Trinajstić information content (AvgIpc) is 2.51. The predicted molar refractivity (Wildman–Crippen MR) is 91.0 cm³/mol. The molecule has 2 aromatic carbocycles. The molecule has 0 radical (unpaired) electrons. The number of halogens is 1. The molecule has 120 valence electrons. The van der Waals surface area contributed by atoms with Gasteiger partial charge in [0.15, 0.2) is 0 Å². The number of carbonyl (C=O) groups excluding carboxylic acids is 2. The van der Waals surface area contributed by atoms with Crippen molar-refractivity contribution in [3.8, 4) is 0 Å². The third kappa shape index (κ3) is 4.33. The Kier molecular flexibility index (Phi) is 5.40. The Bertz CT molecular complexity index is 756. The first-order valence-electron chi connectivity index (χ1n) is 7.14. The van der Waals surface area contributed by atoms with Crippen LogP contribution in [-0.2, 0) is 16.0 Å². The van der Waals surface area contributed by atoms with Crippen molar-refractivity contribution < 1.29 is 14.3 Å². The molecule has 0 bridgehead atoms. The number of ether oxygens (including phenoxy) is 1. The number of hydrogen-bond donors (Lipinski definition) is 1. The maximum absolute atomic E-state index is 12.2. The second-order valence-corrected chi connectivity index (χ2v) is 5.75. The van der Waals surface area contributed by atoms with E-state index in [0.29, 0.717) is 5.69 Å². The molecule has 0 fully saturated rings. The highest BCUT2D eigenvalue weighted by molar-refractivity contribution is 6.33. The van der Waals surface area contributed by atoms with E-state index in [-0.39, 0.29) is 22.9 Å². The molecule has 4 nitrogen and oxygen atoms in total. The van der Waals surface area contributed by atoms with Gasteiger partial charge in [-0.25, -0.2) is 4.79 Å². The van der Waals surface area contributed by atoms with Crippen molar-refractivity contribution in [2.45, 2.75) is 20.3 Å². The van der Waals surface area contributed by atoms with Crippen molar-refractivity contribution in [1.82, 2.24) is 0 Å². The summed E-state index contributed by atoms with van der Waals surface area (Å²) < 4.78 is 4.66. The van der Waals surface area contributed by atoms with Gasteiger partial charge in [0.25, 0.3) is 0 Å². The lowest BCUT2D eigenvalue weighted by Crippen LogP contribution is -2.15. The molecular weight excluding hydrogens is 314 g/mol. The number of rotatable bonds is 4. The van der Waals surface area contributed by atoms with Gasteiger partial charge in [0.05, 0.1) is 24.1 Å². The van der Waals surface area contributed by atoms with Gasteiger partial charge in [-0.15, -0.1) is 0 Å². The van der Waals surface area contributed by atoms with E-state index >= 15 is 0 Å². The third-order valence-electron chi connectivity index (χ3n) is 3.50. The third-order valence-corrected chi connectivity index (χ3v) is 3.83. The first-order valence-corrected chi connectivity index (χ1v) is 7.52. The lowest BCUT2D eigenvalue weighted by Gasteiger charge is -2.10. The molecule has 0 heterocycles. The van der Waals surface area contributed by atoms with Crippen LogP contribution in [0.1, 0.15) is 27.0 Å². The molecule has 2 aromatic rings. The maximum atomic E-state index is 12.2. The summed E-state index contributed by atoms with van der Waals surface area (Å²) >= 11 is 5.96. The molecule has 0 aliphatic rings. The Morgan fingerprint density at radius 3 is 2.52 bits per heavy atom. The maximum Gasteiger partial charge on any atom is 0.339 e. The molecule has 23 heavy (non-hydrogen) atoms. The van der Waals surface area contributed by atoms with Crippen molar-refractivity contribution >= 4 is 29.2 Å². The smallest absolute Gasteiger partial charge is 0.339 e. The van der Waals surface area contributed by atoms with Crippen LogP contribution >= 0.6 is 11.6 Å². The first kappa shape index (κ1) is 17.0. The summed E-state index contributed by atoms with van der Waals surface area (Å²) in [5, 5.41) is 3.06. The van der Waals surface area contributed by atoms with Gasteiger partial charge in [-0.3, -0.25) is 4.79 Å². The zero-order valence-corrected chi connectivity index (χ0v) is 14.0. The molecule has 0 saturated heterocycles. The van der Waals surface area contributed by atoms with Gasteiger partial charge in [-0.05, 0) is 43.2 Å². The number of methoxy groups -OCH3 is 1.